The first-order valence-electron chi connectivity index (χ1n) is 5.55. The van der Waals surface area contributed by atoms with Gasteiger partial charge in [-0.2, -0.15) is 0 Å². The molecular formula is C14H11NO3. The van der Waals surface area contributed by atoms with Gasteiger partial charge >= 0.3 is 0 Å². The molecule has 0 atom stereocenters. The van der Waals surface area contributed by atoms with Gasteiger partial charge in [0.2, 0.25) is 0 Å². The molecule has 90 valence electrons. The fourth-order valence-corrected chi connectivity index (χ4v) is 1.78. The number of aromatic nitrogens is 1. The molecule has 18 heavy (non-hydrogen) atoms. The summed E-state index contributed by atoms with van der Waals surface area (Å²) in [6.45, 7) is 0.377. The van der Waals surface area contributed by atoms with Crippen molar-refractivity contribution < 1.29 is 14.3 Å². The summed E-state index contributed by atoms with van der Waals surface area (Å²) in [6.07, 6.45) is 4.98. The summed E-state index contributed by atoms with van der Waals surface area (Å²) in [6, 6.07) is 8.65. The summed E-state index contributed by atoms with van der Waals surface area (Å²) in [4.78, 5) is 3.97. The predicted molar refractivity (Wildman–Crippen MR) is 66.4 cm³/mol. The van der Waals surface area contributed by atoms with Crippen LogP contribution in [0.25, 0.3) is 11.0 Å². The number of hydrogen-bond donors (Lipinski definition) is 1. The Kier molecular flexibility index (Phi) is 2.61. The van der Waals surface area contributed by atoms with Gasteiger partial charge in [-0.25, -0.2) is 0 Å². The molecular weight excluding hydrogens is 230 g/mol. The Morgan fingerprint density at radius 1 is 1.28 bits per heavy atom. The van der Waals surface area contributed by atoms with E-state index in [0.717, 1.165) is 16.5 Å². The molecule has 0 aliphatic carbocycles. The largest absolute Gasteiger partial charge is 0.508 e. The van der Waals surface area contributed by atoms with Gasteiger partial charge in [-0.1, -0.05) is 0 Å². The number of benzene rings is 1. The van der Waals surface area contributed by atoms with E-state index < -0.39 is 0 Å². The molecule has 1 aromatic carbocycles. The van der Waals surface area contributed by atoms with Crippen LogP contribution in [0.4, 0.5) is 0 Å². The zero-order valence-electron chi connectivity index (χ0n) is 9.54. The number of pyridine rings is 1. The van der Waals surface area contributed by atoms with Crippen molar-refractivity contribution in [3.05, 3.63) is 54.6 Å². The summed E-state index contributed by atoms with van der Waals surface area (Å²) >= 11 is 0. The molecule has 0 bridgehead atoms. The van der Waals surface area contributed by atoms with Crippen LogP contribution >= 0.6 is 0 Å². The molecule has 0 unspecified atom stereocenters. The molecule has 3 aromatic rings. The van der Waals surface area contributed by atoms with Crippen molar-refractivity contribution in [1.29, 1.82) is 0 Å². The molecule has 0 fully saturated rings. The number of furan rings is 1. The fraction of sp³-hybridized carbons (Fsp3) is 0.0714. The second kappa shape index (κ2) is 4.41. The highest BCUT2D eigenvalue weighted by Crippen LogP contribution is 2.26. The zero-order chi connectivity index (χ0) is 12.4. The van der Waals surface area contributed by atoms with E-state index in [-0.39, 0.29) is 5.75 Å². The monoisotopic (exact) mass is 241 g/mol. The van der Waals surface area contributed by atoms with Gasteiger partial charge in [0.15, 0.2) is 0 Å². The van der Waals surface area contributed by atoms with Gasteiger partial charge in [0, 0.05) is 17.1 Å². The Morgan fingerprint density at radius 3 is 3.06 bits per heavy atom. The van der Waals surface area contributed by atoms with Crippen LogP contribution in [0, 0.1) is 0 Å². The van der Waals surface area contributed by atoms with Crippen molar-refractivity contribution in [2.75, 3.05) is 0 Å². The van der Waals surface area contributed by atoms with E-state index in [1.807, 2.05) is 12.1 Å². The smallest absolute Gasteiger partial charge is 0.138 e. The summed E-state index contributed by atoms with van der Waals surface area (Å²) < 4.78 is 11.0. The Balaban J connectivity index is 1.85. The van der Waals surface area contributed by atoms with Crippen molar-refractivity contribution in [2.45, 2.75) is 6.61 Å². The van der Waals surface area contributed by atoms with Crippen LogP contribution in [0.1, 0.15) is 5.56 Å². The lowest BCUT2D eigenvalue weighted by molar-refractivity contribution is 0.304. The minimum Gasteiger partial charge on any atom is -0.508 e. The molecule has 0 aliphatic rings. The van der Waals surface area contributed by atoms with E-state index in [0.29, 0.717) is 12.4 Å². The van der Waals surface area contributed by atoms with Gasteiger partial charge in [0.1, 0.15) is 23.7 Å². The zero-order valence-corrected chi connectivity index (χ0v) is 9.54. The average Bonchev–Trinajstić information content (AvgIpc) is 2.80. The van der Waals surface area contributed by atoms with Crippen LogP contribution in [0.3, 0.4) is 0 Å². The highest BCUT2D eigenvalue weighted by molar-refractivity contribution is 5.82. The van der Waals surface area contributed by atoms with Crippen molar-refractivity contribution in [3.63, 3.8) is 0 Å². The van der Waals surface area contributed by atoms with Crippen LogP contribution in [-0.2, 0) is 6.61 Å². The minimum atomic E-state index is 0.214. The molecule has 2 aromatic heterocycles. The van der Waals surface area contributed by atoms with Crippen LogP contribution < -0.4 is 4.74 Å². The van der Waals surface area contributed by atoms with Gasteiger partial charge in [-0.15, -0.1) is 0 Å². The molecule has 0 saturated carbocycles. The quantitative estimate of drug-likeness (QED) is 0.765. The molecule has 4 heteroatoms. The topological polar surface area (TPSA) is 55.5 Å². The van der Waals surface area contributed by atoms with Crippen molar-refractivity contribution in [1.82, 2.24) is 4.98 Å². The number of phenols is 1. The lowest BCUT2D eigenvalue weighted by Crippen LogP contribution is -1.94. The van der Waals surface area contributed by atoms with E-state index in [1.54, 1.807) is 36.9 Å². The van der Waals surface area contributed by atoms with Gasteiger partial charge in [0.25, 0.3) is 0 Å². The second-order valence-electron chi connectivity index (χ2n) is 3.92. The maximum absolute atomic E-state index is 9.47. The molecule has 3 rings (SSSR count). The van der Waals surface area contributed by atoms with Crippen LogP contribution in [0.5, 0.6) is 11.5 Å². The third-order valence-corrected chi connectivity index (χ3v) is 2.67. The average molecular weight is 241 g/mol. The molecule has 0 saturated heterocycles. The fourth-order valence-electron chi connectivity index (χ4n) is 1.78. The van der Waals surface area contributed by atoms with Gasteiger partial charge in [-0.3, -0.25) is 4.98 Å². The predicted octanol–water partition coefficient (Wildman–Crippen LogP) is 3.11. The van der Waals surface area contributed by atoms with Crippen molar-refractivity contribution in [3.8, 4) is 11.5 Å². The number of fused-ring (bicyclic) bond motifs is 1. The first kappa shape index (κ1) is 10.7. The first-order valence-corrected chi connectivity index (χ1v) is 5.55. The maximum atomic E-state index is 9.47. The lowest BCUT2D eigenvalue weighted by Gasteiger charge is -2.03. The second-order valence-corrected chi connectivity index (χ2v) is 3.92. The van der Waals surface area contributed by atoms with E-state index >= 15 is 0 Å². The van der Waals surface area contributed by atoms with E-state index in [2.05, 4.69) is 4.98 Å². The summed E-state index contributed by atoms with van der Waals surface area (Å²) in [7, 11) is 0. The lowest BCUT2D eigenvalue weighted by atomic mass is 10.2. The normalized spacial score (nSPS) is 10.7. The van der Waals surface area contributed by atoms with E-state index in [9.17, 15) is 5.11 Å². The Labute approximate surface area is 103 Å². The van der Waals surface area contributed by atoms with Gasteiger partial charge in [0.05, 0.1) is 12.5 Å². The SMILES string of the molecule is Oc1ccc2occ(COc3cccnc3)c2c1. The Morgan fingerprint density at radius 2 is 2.22 bits per heavy atom. The van der Waals surface area contributed by atoms with Gasteiger partial charge in [-0.05, 0) is 30.3 Å². The molecule has 0 radical (unpaired) electrons. The van der Waals surface area contributed by atoms with Crippen LogP contribution in [0.2, 0.25) is 0 Å². The number of phenolic OH excluding ortho intramolecular Hbond substituents is 1. The Bertz CT molecular complexity index is 661. The van der Waals surface area contributed by atoms with Crippen LogP contribution in [-0.4, -0.2) is 10.1 Å². The van der Waals surface area contributed by atoms with Crippen LogP contribution in [0.15, 0.2) is 53.4 Å². The highest BCUT2D eigenvalue weighted by Gasteiger charge is 2.07. The summed E-state index contributed by atoms with van der Waals surface area (Å²) in [5, 5.41) is 10.3. The summed E-state index contributed by atoms with van der Waals surface area (Å²) in [5.41, 5.74) is 1.63. The van der Waals surface area contributed by atoms with Gasteiger partial charge < -0.3 is 14.3 Å². The number of ether oxygens (including phenoxy) is 1. The number of rotatable bonds is 3. The molecule has 0 aliphatic heterocycles. The molecule has 4 nitrogen and oxygen atoms in total. The number of nitrogens with zero attached hydrogens (tertiary/aromatic N) is 1. The first-order chi connectivity index (χ1) is 8.83. The molecule has 0 spiro atoms. The minimum absolute atomic E-state index is 0.214. The van der Waals surface area contributed by atoms with E-state index in [1.165, 1.54) is 0 Å². The van der Waals surface area contributed by atoms with Crippen molar-refractivity contribution >= 4 is 11.0 Å². The third kappa shape index (κ3) is 2.00. The third-order valence-electron chi connectivity index (χ3n) is 2.67. The Hall–Kier alpha value is -2.49. The number of hydrogen-bond acceptors (Lipinski definition) is 4. The molecule has 1 N–H and O–H groups in total. The highest BCUT2D eigenvalue weighted by atomic mass is 16.5. The van der Waals surface area contributed by atoms with Crippen molar-refractivity contribution in [2.24, 2.45) is 0 Å². The standard InChI is InChI=1S/C14H11NO3/c16-11-3-4-14-13(6-11)10(9-18-14)8-17-12-2-1-5-15-7-12/h1-7,9,16H,8H2. The maximum Gasteiger partial charge on any atom is 0.138 e. The summed E-state index contributed by atoms with van der Waals surface area (Å²) in [5.74, 6) is 0.915. The number of aromatic hydroxyl groups is 1. The molecule has 2 heterocycles. The van der Waals surface area contributed by atoms with E-state index in [4.69, 9.17) is 9.15 Å². The molecule has 0 amide bonds.